The van der Waals surface area contributed by atoms with Gasteiger partial charge in [0.2, 0.25) is 0 Å². The van der Waals surface area contributed by atoms with Crippen LogP contribution in [0.3, 0.4) is 0 Å². The number of rotatable bonds is 9. The molecule has 0 aliphatic carbocycles. The van der Waals surface area contributed by atoms with E-state index < -0.39 is 23.7 Å². The van der Waals surface area contributed by atoms with Gasteiger partial charge < -0.3 is 20.1 Å². The highest BCUT2D eigenvalue weighted by atomic mass is 32.1. The summed E-state index contributed by atoms with van der Waals surface area (Å²) < 4.78 is 10.5. The standard InChI is InChI=1S/C29H32N2O5S/c1-5-8-24(19-11-13-21(14-12-19)27(33)35-4)36-28(34)31-29(2,3)22-17-15-20(16-18-22)26(32)30-23-9-6-7-10-25(23)37/h6-7,9-18,24,37H,5,8H2,1-4H3,(H,30,32)(H,31,34)/t24-/m0/s1. The Hall–Kier alpha value is -3.78. The molecule has 0 spiro atoms. The Labute approximate surface area is 223 Å². The van der Waals surface area contributed by atoms with Crippen molar-refractivity contribution in [2.45, 2.75) is 50.2 Å². The maximum Gasteiger partial charge on any atom is 0.408 e. The summed E-state index contributed by atoms with van der Waals surface area (Å²) in [6.07, 6.45) is 0.410. The van der Waals surface area contributed by atoms with Crippen LogP contribution in [0.1, 0.15) is 71.6 Å². The number of carbonyl (C=O) groups excluding carboxylic acids is 3. The summed E-state index contributed by atoms with van der Waals surface area (Å²) in [6.45, 7) is 5.73. The number of anilines is 1. The molecule has 0 unspecified atom stereocenters. The maximum atomic E-state index is 12.8. The Morgan fingerprint density at radius 3 is 2.14 bits per heavy atom. The minimum atomic E-state index is -0.755. The summed E-state index contributed by atoms with van der Waals surface area (Å²) >= 11 is 4.36. The Balaban J connectivity index is 1.65. The van der Waals surface area contributed by atoms with Crippen LogP contribution in [0.15, 0.2) is 77.7 Å². The highest BCUT2D eigenvalue weighted by Gasteiger charge is 2.26. The molecule has 1 atom stereocenters. The summed E-state index contributed by atoms with van der Waals surface area (Å²) in [4.78, 5) is 37.9. The molecule has 0 bridgehead atoms. The molecule has 37 heavy (non-hydrogen) atoms. The van der Waals surface area contributed by atoms with E-state index in [0.717, 1.165) is 17.5 Å². The second-order valence-electron chi connectivity index (χ2n) is 9.09. The first-order valence-corrected chi connectivity index (χ1v) is 12.5. The van der Waals surface area contributed by atoms with E-state index in [0.29, 0.717) is 28.1 Å². The maximum absolute atomic E-state index is 12.8. The second-order valence-corrected chi connectivity index (χ2v) is 9.58. The van der Waals surface area contributed by atoms with Crippen molar-refractivity contribution in [1.82, 2.24) is 5.32 Å². The number of thiol groups is 1. The summed E-state index contributed by atoms with van der Waals surface area (Å²) in [6, 6.07) is 21.1. The third kappa shape index (κ3) is 7.36. The molecule has 0 saturated carbocycles. The first kappa shape index (κ1) is 27.8. The average Bonchev–Trinajstić information content (AvgIpc) is 2.89. The van der Waals surface area contributed by atoms with E-state index in [1.165, 1.54) is 7.11 Å². The van der Waals surface area contributed by atoms with Gasteiger partial charge in [-0.3, -0.25) is 4.79 Å². The fraction of sp³-hybridized carbons (Fsp3) is 0.276. The van der Waals surface area contributed by atoms with Crippen LogP contribution in [0.5, 0.6) is 0 Å². The lowest BCUT2D eigenvalue weighted by molar-refractivity contribution is 0.0599. The van der Waals surface area contributed by atoms with Crippen LogP contribution in [0.4, 0.5) is 10.5 Å². The highest BCUT2D eigenvalue weighted by Crippen LogP contribution is 2.26. The smallest absolute Gasteiger partial charge is 0.408 e. The third-order valence-corrected chi connectivity index (χ3v) is 6.33. The lowest BCUT2D eigenvalue weighted by atomic mass is 9.93. The molecule has 0 aliphatic heterocycles. The van der Waals surface area contributed by atoms with Crippen LogP contribution in [-0.2, 0) is 15.0 Å². The molecule has 0 radical (unpaired) electrons. The van der Waals surface area contributed by atoms with Crippen molar-refractivity contribution >= 4 is 36.3 Å². The first-order chi connectivity index (χ1) is 17.6. The van der Waals surface area contributed by atoms with Crippen LogP contribution in [0, 0.1) is 0 Å². The molecule has 2 amide bonds. The van der Waals surface area contributed by atoms with E-state index in [1.54, 1.807) is 60.7 Å². The molecule has 0 aromatic heterocycles. The number of para-hydroxylation sites is 1. The van der Waals surface area contributed by atoms with Crippen molar-refractivity contribution in [2.24, 2.45) is 0 Å². The average molecular weight is 521 g/mol. The zero-order valence-electron chi connectivity index (χ0n) is 21.4. The van der Waals surface area contributed by atoms with Crippen molar-refractivity contribution in [3.8, 4) is 0 Å². The number of carbonyl (C=O) groups is 3. The molecule has 8 heteroatoms. The molecule has 2 N–H and O–H groups in total. The van der Waals surface area contributed by atoms with Crippen LogP contribution >= 0.6 is 12.6 Å². The predicted octanol–water partition coefficient (Wildman–Crippen LogP) is 6.52. The second kappa shape index (κ2) is 12.5. The van der Waals surface area contributed by atoms with Gasteiger partial charge >= 0.3 is 12.1 Å². The van der Waals surface area contributed by atoms with Crippen LogP contribution < -0.4 is 10.6 Å². The quantitative estimate of drug-likeness (QED) is 0.221. The van der Waals surface area contributed by atoms with E-state index >= 15 is 0 Å². The molecule has 3 rings (SSSR count). The van der Waals surface area contributed by atoms with E-state index in [4.69, 9.17) is 9.47 Å². The number of amides is 2. The van der Waals surface area contributed by atoms with Crippen molar-refractivity contribution in [3.05, 3.63) is 95.1 Å². The van der Waals surface area contributed by atoms with E-state index in [2.05, 4.69) is 23.3 Å². The van der Waals surface area contributed by atoms with Crippen molar-refractivity contribution in [2.75, 3.05) is 12.4 Å². The third-order valence-electron chi connectivity index (χ3n) is 5.94. The number of ether oxygens (including phenoxy) is 2. The predicted molar refractivity (Wildman–Crippen MR) is 146 cm³/mol. The molecule has 0 fully saturated rings. The molecule has 0 aliphatic rings. The lowest BCUT2D eigenvalue weighted by Gasteiger charge is -2.28. The molecule has 3 aromatic rings. The number of nitrogens with one attached hydrogen (secondary N) is 2. The summed E-state index contributed by atoms with van der Waals surface area (Å²) in [7, 11) is 1.33. The van der Waals surface area contributed by atoms with Gasteiger partial charge in [-0.25, -0.2) is 9.59 Å². The van der Waals surface area contributed by atoms with Gasteiger partial charge in [-0.05, 0) is 67.8 Å². The molecule has 7 nitrogen and oxygen atoms in total. The normalized spacial score (nSPS) is 11.8. The van der Waals surface area contributed by atoms with E-state index in [-0.39, 0.29) is 5.91 Å². The lowest BCUT2D eigenvalue weighted by Crippen LogP contribution is -2.41. The number of hydrogen-bond donors (Lipinski definition) is 3. The van der Waals surface area contributed by atoms with Gasteiger partial charge in [0.25, 0.3) is 5.91 Å². The van der Waals surface area contributed by atoms with Gasteiger partial charge in [-0.15, -0.1) is 12.6 Å². The zero-order valence-corrected chi connectivity index (χ0v) is 22.3. The van der Waals surface area contributed by atoms with Gasteiger partial charge in [0, 0.05) is 10.5 Å². The Kier molecular flexibility index (Phi) is 9.36. The Morgan fingerprint density at radius 2 is 1.54 bits per heavy atom. The van der Waals surface area contributed by atoms with Gasteiger partial charge in [-0.2, -0.15) is 0 Å². The molecule has 3 aromatic carbocycles. The molecule has 194 valence electrons. The van der Waals surface area contributed by atoms with Crippen LogP contribution in [0.25, 0.3) is 0 Å². The van der Waals surface area contributed by atoms with Crippen molar-refractivity contribution < 1.29 is 23.9 Å². The minimum absolute atomic E-state index is 0.251. The van der Waals surface area contributed by atoms with Gasteiger partial charge in [0.1, 0.15) is 6.10 Å². The zero-order chi connectivity index (χ0) is 27.0. The Bertz CT molecular complexity index is 1240. The van der Waals surface area contributed by atoms with Crippen molar-refractivity contribution in [3.63, 3.8) is 0 Å². The topological polar surface area (TPSA) is 93.7 Å². The SMILES string of the molecule is CCC[C@H](OC(=O)NC(C)(C)c1ccc(C(=O)Nc2ccccc2S)cc1)c1ccc(C(=O)OC)cc1. The van der Waals surface area contributed by atoms with Crippen LogP contribution in [-0.4, -0.2) is 25.1 Å². The number of alkyl carbamates (subject to hydrolysis) is 1. The number of methoxy groups -OCH3 is 1. The first-order valence-electron chi connectivity index (χ1n) is 12.0. The fourth-order valence-electron chi connectivity index (χ4n) is 3.81. The van der Waals surface area contributed by atoms with Gasteiger partial charge in [0.05, 0.1) is 23.9 Å². The van der Waals surface area contributed by atoms with Gasteiger partial charge in [-0.1, -0.05) is 49.7 Å². The Morgan fingerprint density at radius 1 is 0.919 bits per heavy atom. The van der Waals surface area contributed by atoms with E-state index in [1.807, 2.05) is 32.9 Å². The monoisotopic (exact) mass is 520 g/mol. The summed E-state index contributed by atoms with van der Waals surface area (Å²) in [5.41, 5.74) is 2.39. The minimum Gasteiger partial charge on any atom is -0.465 e. The largest absolute Gasteiger partial charge is 0.465 e. The molecular formula is C29H32N2O5S. The molecular weight excluding hydrogens is 488 g/mol. The van der Waals surface area contributed by atoms with E-state index in [9.17, 15) is 14.4 Å². The fourth-order valence-corrected chi connectivity index (χ4v) is 4.02. The molecule has 0 saturated heterocycles. The highest BCUT2D eigenvalue weighted by molar-refractivity contribution is 7.80. The van der Waals surface area contributed by atoms with Gasteiger partial charge in [0.15, 0.2) is 0 Å². The van der Waals surface area contributed by atoms with Crippen molar-refractivity contribution in [1.29, 1.82) is 0 Å². The number of benzene rings is 3. The summed E-state index contributed by atoms with van der Waals surface area (Å²) in [5.74, 6) is -0.673. The number of hydrogen-bond acceptors (Lipinski definition) is 6. The molecule has 0 heterocycles. The number of esters is 1. The summed E-state index contributed by atoms with van der Waals surface area (Å²) in [5, 5.41) is 5.77. The van der Waals surface area contributed by atoms with Crippen LogP contribution in [0.2, 0.25) is 0 Å².